The largest absolute Gasteiger partial charge is 0.497 e. The van der Waals surface area contributed by atoms with Crippen LogP contribution in [0.5, 0.6) is 5.75 Å². The smallest absolute Gasteiger partial charge is 0.225 e. The first kappa shape index (κ1) is 17.3. The van der Waals surface area contributed by atoms with Crippen molar-refractivity contribution in [3.63, 3.8) is 0 Å². The maximum Gasteiger partial charge on any atom is 0.225 e. The SMILES string of the molecule is COc1ccc(CC2CCN(C(=O)C3CCS(=O)(=O)CC3)C2)cc1. The van der Waals surface area contributed by atoms with Gasteiger partial charge in [0.05, 0.1) is 18.6 Å². The molecule has 3 rings (SSSR count). The number of ether oxygens (including phenoxy) is 1. The summed E-state index contributed by atoms with van der Waals surface area (Å²) in [5.74, 6) is 1.71. The Bertz CT molecular complexity index is 669. The molecule has 2 fully saturated rings. The topological polar surface area (TPSA) is 63.7 Å². The Morgan fingerprint density at radius 1 is 1.17 bits per heavy atom. The fourth-order valence-electron chi connectivity index (χ4n) is 3.69. The number of benzene rings is 1. The van der Waals surface area contributed by atoms with E-state index < -0.39 is 9.84 Å². The molecule has 132 valence electrons. The quantitative estimate of drug-likeness (QED) is 0.831. The van der Waals surface area contributed by atoms with Gasteiger partial charge < -0.3 is 9.64 Å². The van der Waals surface area contributed by atoms with E-state index in [2.05, 4.69) is 12.1 Å². The molecule has 24 heavy (non-hydrogen) atoms. The van der Waals surface area contributed by atoms with Crippen LogP contribution in [0, 0.1) is 11.8 Å². The second kappa shape index (κ2) is 7.13. The van der Waals surface area contributed by atoms with Crippen molar-refractivity contribution < 1.29 is 17.9 Å². The molecule has 2 aliphatic rings. The van der Waals surface area contributed by atoms with Crippen LogP contribution in [0.2, 0.25) is 0 Å². The first-order chi connectivity index (χ1) is 11.5. The summed E-state index contributed by atoms with van der Waals surface area (Å²) in [6.07, 6.45) is 2.96. The highest BCUT2D eigenvalue weighted by Gasteiger charge is 2.34. The number of rotatable bonds is 4. The number of hydrogen-bond donors (Lipinski definition) is 0. The van der Waals surface area contributed by atoms with Gasteiger partial charge in [0.2, 0.25) is 5.91 Å². The van der Waals surface area contributed by atoms with Gasteiger partial charge in [0, 0.05) is 19.0 Å². The summed E-state index contributed by atoms with van der Waals surface area (Å²) in [5, 5.41) is 0. The molecule has 0 saturated carbocycles. The highest BCUT2D eigenvalue weighted by atomic mass is 32.2. The lowest BCUT2D eigenvalue weighted by Gasteiger charge is -2.26. The minimum atomic E-state index is -2.91. The molecule has 0 N–H and O–H groups in total. The normalized spacial score (nSPS) is 24.0. The number of methoxy groups -OCH3 is 1. The van der Waals surface area contributed by atoms with Crippen LogP contribution < -0.4 is 4.74 Å². The van der Waals surface area contributed by atoms with Crippen LogP contribution in [0.1, 0.15) is 24.8 Å². The zero-order valence-corrected chi connectivity index (χ0v) is 14.9. The molecule has 2 aliphatic heterocycles. The van der Waals surface area contributed by atoms with Crippen LogP contribution >= 0.6 is 0 Å². The van der Waals surface area contributed by atoms with Gasteiger partial charge in [-0.25, -0.2) is 8.42 Å². The van der Waals surface area contributed by atoms with Gasteiger partial charge in [0.15, 0.2) is 0 Å². The number of amides is 1. The van der Waals surface area contributed by atoms with Gasteiger partial charge in [-0.1, -0.05) is 12.1 Å². The summed E-state index contributed by atoms with van der Waals surface area (Å²) < 4.78 is 28.2. The van der Waals surface area contributed by atoms with E-state index in [4.69, 9.17) is 4.74 Å². The van der Waals surface area contributed by atoms with Crippen molar-refractivity contribution in [2.24, 2.45) is 11.8 Å². The fourth-order valence-corrected chi connectivity index (χ4v) is 5.18. The van der Waals surface area contributed by atoms with E-state index >= 15 is 0 Å². The molecule has 2 saturated heterocycles. The van der Waals surface area contributed by atoms with Crippen molar-refractivity contribution in [2.45, 2.75) is 25.7 Å². The summed E-state index contributed by atoms with van der Waals surface area (Å²) in [6, 6.07) is 8.09. The summed E-state index contributed by atoms with van der Waals surface area (Å²) >= 11 is 0. The van der Waals surface area contributed by atoms with Gasteiger partial charge in [-0.15, -0.1) is 0 Å². The molecule has 1 aromatic rings. The van der Waals surface area contributed by atoms with Crippen LogP contribution in [0.3, 0.4) is 0 Å². The van der Waals surface area contributed by atoms with Crippen molar-refractivity contribution in [2.75, 3.05) is 31.7 Å². The fraction of sp³-hybridized carbons (Fsp3) is 0.611. The molecule has 1 aromatic carbocycles. The average Bonchev–Trinajstić information content (AvgIpc) is 3.03. The third kappa shape index (κ3) is 4.09. The zero-order chi connectivity index (χ0) is 17.2. The van der Waals surface area contributed by atoms with Crippen molar-refractivity contribution in [1.29, 1.82) is 0 Å². The lowest BCUT2D eigenvalue weighted by molar-refractivity contribution is -0.134. The maximum absolute atomic E-state index is 12.6. The van der Waals surface area contributed by atoms with Gasteiger partial charge in [0.25, 0.3) is 0 Å². The van der Waals surface area contributed by atoms with Gasteiger partial charge in [-0.05, 0) is 49.3 Å². The predicted molar refractivity (Wildman–Crippen MR) is 92.8 cm³/mol. The molecule has 5 nitrogen and oxygen atoms in total. The van der Waals surface area contributed by atoms with Crippen LogP contribution in [0.4, 0.5) is 0 Å². The number of likely N-dealkylation sites (tertiary alicyclic amines) is 1. The molecule has 0 radical (unpaired) electrons. The zero-order valence-electron chi connectivity index (χ0n) is 14.1. The van der Waals surface area contributed by atoms with Gasteiger partial charge in [-0.2, -0.15) is 0 Å². The number of carbonyl (C=O) groups excluding carboxylic acids is 1. The number of nitrogens with zero attached hydrogens (tertiary/aromatic N) is 1. The van der Waals surface area contributed by atoms with Crippen LogP contribution in [-0.4, -0.2) is 50.9 Å². The van der Waals surface area contributed by atoms with Crippen molar-refractivity contribution in [3.05, 3.63) is 29.8 Å². The van der Waals surface area contributed by atoms with Gasteiger partial charge in [-0.3, -0.25) is 4.79 Å². The second-order valence-corrected chi connectivity index (χ2v) is 9.22. The van der Waals surface area contributed by atoms with E-state index in [1.165, 1.54) is 5.56 Å². The number of sulfone groups is 1. The highest BCUT2D eigenvalue weighted by Crippen LogP contribution is 2.27. The molecule has 1 amide bonds. The Kier molecular flexibility index (Phi) is 5.13. The van der Waals surface area contributed by atoms with Crippen molar-refractivity contribution >= 4 is 15.7 Å². The minimum Gasteiger partial charge on any atom is -0.497 e. The first-order valence-electron chi connectivity index (χ1n) is 8.59. The van der Waals surface area contributed by atoms with E-state index in [9.17, 15) is 13.2 Å². The van der Waals surface area contributed by atoms with E-state index in [1.807, 2.05) is 17.0 Å². The van der Waals surface area contributed by atoms with E-state index in [0.717, 1.165) is 31.7 Å². The Morgan fingerprint density at radius 3 is 2.46 bits per heavy atom. The molecular formula is C18H25NO4S. The third-order valence-corrected chi connectivity index (χ3v) is 6.90. The highest BCUT2D eigenvalue weighted by molar-refractivity contribution is 7.91. The molecule has 0 bridgehead atoms. The molecule has 0 spiro atoms. The molecule has 0 aliphatic carbocycles. The third-order valence-electron chi connectivity index (χ3n) is 5.18. The van der Waals surface area contributed by atoms with E-state index in [1.54, 1.807) is 7.11 Å². The van der Waals surface area contributed by atoms with Crippen molar-refractivity contribution in [3.8, 4) is 5.75 Å². The minimum absolute atomic E-state index is 0.103. The lowest BCUT2D eigenvalue weighted by atomic mass is 9.98. The summed E-state index contributed by atoms with van der Waals surface area (Å²) in [7, 11) is -1.25. The molecule has 2 heterocycles. The monoisotopic (exact) mass is 351 g/mol. The van der Waals surface area contributed by atoms with Gasteiger partial charge >= 0.3 is 0 Å². The Hall–Kier alpha value is -1.56. The van der Waals surface area contributed by atoms with Crippen molar-refractivity contribution in [1.82, 2.24) is 4.90 Å². The summed E-state index contributed by atoms with van der Waals surface area (Å²) in [6.45, 7) is 1.58. The standard InChI is InChI=1S/C18H25NO4S/c1-23-17-4-2-14(3-5-17)12-15-6-9-19(13-15)18(20)16-7-10-24(21,22)11-8-16/h2-5,15-16H,6-13H2,1H3. The predicted octanol–water partition coefficient (Wildman–Crippen LogP) is 1.91. The number of carbonyl (C=O) groups is 1. The summed E-state index contributed by atoms with van der Waals surface area (Å²) in [4.78, 5) is 14.5. The number of hydrogen-bond acceptors (Lipinski definition) is 4. The molecule has 1 atom stereocenters. The molecule has 0 aromatic heterocycles. The van der Waals surface area contributed by atoms with Crippen LogP contribution in [0.15, 0.2) is 24.3 Å². The molecule has 6 heteroatoms. The lowest BCUT2D eigenvalue weighted by Crippen LogP contribution is -2.38. The van der Waals surface area contributed by atoms with Gasteiger partial charge in [0.1, 0.15) is 15.6 Å². The Morgan fingerprint density at radius 2 is 1.83 bits per heavy atom. The summed E-state index contributed by atoms with van der Waals surface area (Å²) in [5.41, 5.74) is 1.26. The Labute approximate surface area is 143 Å². The second-order valence-electron chi connectivity index (χ2n) is 6.92. The van der Waals surface area contributed by atoms with E-state index in [-0.39, 0.29) is 23.3 Å². The Balaban J connectivity index is 1.52. The average molecular weight is 351 g/mol. The van der Waals surface area contributed by atoms with E-state index in [0.29, 0.717) is 18.8 Å². The molecule has 1 unspecified atom stereocenters. The molecular weight excluding hydrogens is 326 g/mol. The van der Waals surface area contributed by atoms with Crippen LogP contribution in [0.25, 0.3) is 0 Å². The van der Waals surface area contributed by atoms with Crippen LogP contribution in [-0.2, 0) is 21.1 Å². The first-order valence-corrected chi connectivity index (χ1v) is 10.4. The maximum atomic E-state index is 12.6.